The normalized spacial score (nSPS) is 24.3. The first-order chi connectivity index (χ1) is 15.3. The maximum absolute atomic E-state index is 12.8. The standard InChI is InChI=1S/C25H28N2O5/c1-16(17-7-5-4-6-8-17)32-19-11-9-18(10-12-19)23(29)26-15-22(28)27-20(24(30)31-3)13-25(2)14-21(25)27/h4-12,16,20-21H,13-15H2,1-3H3,(H,26,29)/t16-,20-,21?,25-/m0/s1. The van der Waals surface area contributed by atoms with Crippen molar-refractivity contribution in [3.05, 3.63) is 65.7 Å². The largest absolute Gasteiger partial charge is 0.486 e. The Morgan fingerprint density at radius 1 is 1.09 bits per heavy atom. The van der Waals surface area contributed by atoms with Gasteiger partial charge in [0, 0.05) is 11.6 Å². The second-order valence-electron chi connectivity index (χ2n) is 8.80. The minimum atomic E-state index is -0.573. The first-order valence-electron chi connectivity index (χ1n) is 10.8. The molecule has 1 heterocycles. The summed E-state index contributed by atoms with van der Waals surface area (Å²) in [5.74, 6) is -0.372. The molecule has 32 heavy (non-hydrogen) atoms. The minimum absolute atomic E-state index is 0.0226. The van der Waals surface area contributed by atoms with Gasteiger partial charge in [0.2, 0.25) is 5.91 Å². The van der Waals surface area contributed by atoms with Crippen molar-refractivity contribution in [2.24, 2.45) is 5.41 Å². The molecule has 1 aliphatic carbocycles. The third-order valence-electron chi connectivity index (χ3n) is 6.50. The van der Waals surface area contributed by atoms with Crippen LogP contribution in [0.25, 0.3) is 0 Å². The van der Waals surface area contributed by atoms with Gasteiger partial charge in [0.05, 0.1) is 13.7 Å². The molecule has 0 bridgehead atoms. The van der Waals surface area contributed by atoms with E-state index in [1.807, 2.05) is 37.3 Å². The summed E-state index contributed by atoms with van der Waals surface area (Å²) >= 11 is 0. The molecule has 0 spiro atoms. The Kier molecular flexibility index (Phi) is 5.91. The average molecular weight is 437 g/mol. The predicted octanol–water partition coefficient (Wildman–Crippen LogP) is 3.11. The van der Waals surface area contributed by atoms with Crippen LogP contribution in [0.1, 0.15) is 48.7 Å². The Balaban J connectivity index is 1.32. The monoisotopic (exact) mass is 436 g/mol. The van der Waals surface area contributed by atoms with Gasteiger partial charge in [-0.1, -0.05) is 37.3 Å². The Hall–Kier alpha value is -3.35. The van der Waals surface area contributed by atoms with Crippen LogP contribution in [0.4, 0.5) is 0 Å². The number of esters is 1. The van der Waals surface area contributed by atoms with E-state index in [4.69, 9.17) is 9.47 Å². The number of methoxy groups -OCH3 is 1. The van der Waals surface area contributed by atoms with Crippen LogP contribution in [-0.2, 0) is 14.3 Å². The number of nitrogens with one attached hydrogen (secondary N) is 1. The molecular weight excluding hydrogens is 408 g/mol. The third-order valence-corrected chi connectivity index (χ3v) is 6.50. The van der Waals surface area contributed by atoms with Crippen LogP contribution in [0.5, 0.6) is 5.75 Å². The zero-order chi connectivity index (χ0) is 22.9. The van der Waals surface area contributed by atoms with E-state index in [2.05, 4.69) is 12.2 Å². The summed E-state index contributed by atoms with van der Waals surface area (Å²) in [6.07, 6.45) is 1.36. The first-order valence-corrected chi connectivity index (χ1v) is 10.8. The number of benzene rings is 2. The van der Waals surface area contributed by atoms with Gasteiger partial charge in [-0.05, 0) is 55.0 Å². The van der Waals surface area contributed by atoms with Crippen LogP contribution in [0.15, 0.2) is 54.6 Å². The molecule has 1 unspecified atom stereocenters. The maximum atomic E-state index is 12.8. The summed E-state index contributed by atoms with van der Waals surface area (Å²) in [4.78, 5) is 39.0. The van der Waals surface area contributed by atoms with Gasteiger partial charge in [0.1, 0.15) is 17.9 Å². The van der Waals surface area contributed by atoms with E-state index in [1.165, 1.54) is 7.11 Å². The highest BCUT2D eigenvalue weighted by Gasteiger charge is 2.64. The highest BCUT2D eigenvalue weighted by Crippen LogP contribution is 2.59. The second kappa shape index (κ2) is 8.65. The number of nitrogens with zero attached hydrogens (tertiary/aromatic N) is 1. The molecular formula is C25H28N2O5. The molecule has 2 fully saturated rings. The Bertz CT molecular complexity index is 1010. The molecule has 1 N–H and O–H groups in total. The van der Waals surface area contributed by atoms with Crippen molar-refractivity contribution in [1.29, 1.82) is 0 Å². The molecule has 2 amide bonds. The number of likely N-dealkylation sites (tertiary alicyclic amines) is 1. The fourth-order valence-electron chi connectivity index (χ4n) is 4.50. The molecule has 2 aromatic carbocycles. The first kappa shape index (κ1) is 21.9. The fraction of sp³-hybridized carbons (Fsp3) is 0.400. The van der Waals surface area contributed by atoms with Gasteiger partial charge in [0.25, 0.3) is 5.91 Å². The third kappa shape index (κ3) is 4.33. The molecule has 2 aromatic rings. The molecule has 168 valence electrons. The summed E-state index contributed by atoms with van der Waals surface area (Å²) in [5.41, 5.74) is 1.47. The van der Waals surface area contributed by atoms with Gasteiger partial charge >= 0.3 is 5.97 Å². The van der Waals surface area contributed by atoms with Crippen molar-refractivity contribution in [3.8, 4) is 5.75 Å². The number of fused-ring (bicyclic) bond motifs is 1. The minimum Gasteiger partial charge on any atom is -0.486 e. The molecule has 4 rings (SSSR count). The van der Waals surface area contributed by atoms with E-state index >= 15 is 0 Å². The Morgan fingerprint density at radius 2 is 1.78 bits per heavy atom. The highest BCUT2D eigenvalue weighted by atomic mass is 16.5. The molecule has 1 aliphatic heterocycles. The highest BCUT2D eigenvalue weighted by molar-refractivity contribution is 5.97. The van der Waals surface area contributed by atoms with E-state index in [-0.39, 0.29) is 35.9 Å². The van der Waals surface area contributed by atoms with Crippen LogP contribution in [0.2, 0.25) is 0 Å². The van der Waals surface area contributed by atoms with E-state index in [9.17, 15) is 14.4 Å². The topological polar surface area (TPSA) is 84.9 Å². The zero-order valence-electron chi connectivity index (χ0n) is 18.5. The van der Waals surface area contributed by atoms with E-state index in [0.29, 0.717) is 17.7 Å². The van der Waals surface area contributed by atoms with Crippen LogP contribution >= 0.6 is 0 Å². The van der Waals surface area contributed by atoms with Gasteiger partial charge in [-0.3, -0.25) is 9.59 Å². The van der Waals surface area contributed by atoms with Crippen LogP contribution < -0.4 is 10.1 Å². The summed E-state index contributed by atoms with van der Waals surface area (Å²) in [6.45, 7) is 3.87. The van der Waals surface area contributed by atoms with Crippen molar-refractivity contribution >= 4 is 17.8 Å². The van der Waals surface area contributed by atoms with Crippen molar-refractivity contribution in [3.63, 3.8) is 0 Å². The van der Waals surface area contributed by atoms with E-state index in [1.54, 1.807) is 29.2 Å². The fourth-order valence-corrected chi connectivity index (χ4v) is 4.50. The number of hydrogen-bond acceptors (Lipinski definition) is 5. The van der Waals surface area contributed by atoms with E-state index < -0.39 is 12.0 Å². The van der Waals surface area contributed by atoms with Crippen molar-refractivity contribution in [2.45, 2.75) is 44.9 Å². The molecule has 0 radical (unpaired) electrons. The van der Waals surface area contributed by atoms with Gasteiger partial charge < -0.3 is 19.7 Å². The number of ether oxygens (including phenoxy) is 2. The van der Waals surface area contributed by atoms with Gasteiger partial charge in [-0.15, -0.1) is 0 Å². The molecule has 7 nitrogen and oxygen atoms in total. The van der Waals surface area contributed by atoms with Crippen LogP contribution in [0, 0.1) is 5.41 Å². The van der Waals surface area contributed by atoms with Gasteiger partial charge in [0.15, 0.2) is 0 Å². The van der Waals surface area contributed by atoms with Crippen molar-refractivity contribution < 1.29 is 23.9 Å². The van der Waals surface area contributed by atoms with E-state index in [0.717, 1.165) is 12.0 Å². The number of carbonyl (C=O) groups is 3. The molecule has 2 aliphatic rings. The maximum Gasteiger partial charge on any atom is 0.328 e. The Morgan fingerprint density at radius 3 is 2.44 bits per heavy atom. The molecule has 7 heteroatoms. The predicted molar refractivity (Wildman–Crippen MR) is 118 cm³/mol. The molecule has 4 atom stereocenters. The van der Waals surface area contributed by atoms with Gasteiger partial charge in [-0.25, -0.2) is 4.79 Å². The lowest BCUT2D eigenvalue weighted by atomic mass is 10.0. The SMILES string of the molecule is COC(=O)[C@@H]1C[C@@]2(C)CC2N1C(=O)CNC(=O)c1ccc(O[C@@H](C)c2ccccc2)cc1. The lowest BCUT2D eigenvalue weighted by Crippen LogP contribution is -2.47. The summed E-state index contributed by atoms with van der Waals surface area (Å²) in [6, 6.07) is 16.1. The molecule has 0 aromatic heterocycles. The van der Waals surface area contributed by atoms with Crippen molar-refractivity contribution in [1.82, 2.24) is 10.2 Å². The van der Waals surface area contributed by atoms with Crippen LogP contribution in [0.3, 0.4) is 0 Å². The summed E-state index contributed by atoms with van der Waals surface area (Å²) in [7, 11) is 1.33. The summed E-state index contributed by atoms with van der Waals surface area (Å²) < 4.78 is 10.8. The summed E-state index contributed by atoms with van der Waals surface area (Å²) in [5, 5.41) is 2.67. The van der Waals surface area contributed by atoms with Gasteiger partial charge in [-0.2, -0.15) is 0 Å². The zero-order valence-corrected chi connectivity index (χ0v) is 18.5. The average Bonchev–Trinajstić information content (AvgIpc) is 3.37. The Labute approximate surface area is 187 Å². The quantitative estimate of drug-likeness (QED) is 0.674. The number of carbonyl (C=O) groups excluding carboxylic acids is 3. The number of rotatable bonds is 7. The van der Waals surface area contributed by atoms with Crippen LogP contribution in [-0.4, -0.2) is 48.4 Å². The smallest absolute Gasteiger partial charge is 0.328 e. The van der Waals surface area contributed by atoms with Crippen molar-refractivity contribution in [2.75, 3.05) is 13.7 Å². The number of hydrogen-bond donors (Lipinski definition) is 1. The molecule has 1 saturated carbocycles. The lowest BCUT2D eigenvalue weighted by Gasteiger charge is -2.25. The second-order valence-corrected chi connectivity index (χ2v) is 8.80. The number of amides is 2. The molecule has 1 saturated heterocycles. The lowest BCUT2D eigenvalue weighted by molar-refractivity contribution is -0.151. The number of piperidine rings is 1.